The third-order valence-electron chi connectivity index (χ3n) is 3.35. The number of fused-ring (bicyclic) bond motifs is 2. The molecule has 2 nitrogen and oxygen atoms in total. The van der Waals surface area contributed by atoms with Gasteiger partial charge in [-0.1, -0.05) is 36.4 Å². The van der Waals surface area contributed by atoms with E-state index >= 15 is 0 Å². The molecule has 0 aromatic heterocycles. The summed E-state index contributed by atoms with van der Waals surface area (Å²) in [6.07, 6.45) is 2.04. The predicted octanol–water partition coefficient (Wildman–Crippen LogP) is 3.17. The molecule has 0 radical (unpaired) electrons. The normalized spacial score (nSPS) is 13.4. The highest BCUT2D eigenvalue weighted by atomic mass is 32.1. The predicted molar refractivity (Wildman–Crippen MR) is 79.2 cm³/mol. The molecule has 90 valence electrons. The van der Waals surface area contributed by atoms with Crippen LogP contribution in [-0.2, 0) is 12.8 Å². The summed E-state index contributed by atoms with van der Waals surface area (Å²) in [4.78, 5) is 1.98. The minimum absolute atomic E-state index is 0.400. The number of thiocarbonyl (C=S) groups is 1. The van der Waals surface area contributed by atoms with Crippen LogP contribution in [0.5, 0.6) is 0 Å². The first kappa shape index (κ1) is 11.2. The van der Waals surface area contributed by atoms with Crippen molar-refractivity contribution in [3.63, 3.8) is 0 Å². The van der Waals surface area contributed by atoms with Gasteiger partial charge in [-0.3, -0.25) is 4.90 Å². The standard InChI is InChI=1S/C15H14N2S/c16-15(18)17-13-7-3-1-5-11(13)9-10-12-6-2-4-8-14(12)17/h1-8H,9-10H2,(H2,16,18). The summed E-state index contributed by atoms with van der Waals surface area (Å²) in [5.41, 5.74) is 10.7. The van der Waals surface area contributed by atoms with Gasteiger partial charge in [0.2, 0.25) is 0 Å². The average molecular weight is 254 g/mol. The van der Waals surface area contributed by atoms with E-state index in [1.165, 1.54) is 11.1 Å². The van der Waals surface area contributed by atoms with Crippen molar-refractivity contribution in [1.29, 1.82) is 0 Å². The molecule has 0 amide bonds. The summed E-state index contributed by atoms with van der Waals surface area (Å²) in [5, 5.41) is 0.400. The fourth-order valence-corrected chi connectivity index (χ4v) is 2.71. The van der Waals surface area contributed by atoms with E-state index in [0.29, 0.717) is 5.11 Å². The Balaban J connectivity index is 2.24. The Morgan fingerprint density at radius 3 is 1.78 bits per heavy atom. The maximum absolute atomic E-state index is 5.92. The summed E-state index contributed by atoms with van der Waals surface area (Å²) in [6.45, 7) is 0. The smallest absolute Gasteiger partial charge is 0.175 e. The minimum Gasteiger partial charge on any atom is -0.376 e. The first-order valence-electron chi connectivity index (χ1n) is 6.03. The topological polar surface area (TPSA) is 29.3 Å². The minimum atomic E-state index is 0.400. The number of anilines is 2. The second kappa shape index (κ2) is 4.42. The first-order chi connectivity index (χ1) is 8.77. The van der Waals surface area contributed by atoms with Crippen molar-refractivity contribution in [3.8, 4) is 0 Å². The molecular formula is C15H14N2S. The maximum atomic E-state index is 5.92. The van der Waals surface area contributed by atoms with Crippen molar-refractivity contribution in [2.45, 2.75) is 12.8 Å². The number of rotatable bonds is 0. The summed E-state index contributed by atoms with van der Waals surface area (Å²) in [7, 11) is 0. The molecule has 0 saturated carbocycles. The third-order valence-corrected chi connectivity index (χ3v) is 3.53. The molecule has 0 unspecified atom stereocenters. The van der Waals surface area contributed by atoms with Crippen molar-refractivity contribution in [3.05, 3.63) is 59.7 Å². The molecule has 0 atom stereocenters. The van der Waals surface area contributed by atoms with E-state index in [4.69, 9.17) is 18.0 Å². The van der Waals surface area contributed by atoms with Gasteiger partial charge in [-0.15, -0.1) is 0 Å². The maximum Gasteiger partial charge on any atom is 0.175 e. The molecule has 18 heavy (non-hydrogen) atoms. The molecule has 3 heteroatoms. The molecule has 0 spiro atoms. The lowest BCUT2D eigenvalue weighted by atomic mass is 10.0. The van der Waals surface area contributed by atoms with Crippen LogP contribution >= 0.6 is 12.2 Å². The summed E-state index contributed by atoms with van der Waals surface area (Å²) >= 11 is 5.23. The summed E-state index contributed by atoms with van der Waals surface area (Å²) in [6, 6.07) is 16.6. The van der Waals surface area contributed by atoms with E-state index in [0.717, 1.165) is 24.2 Å². The number of hydrogen-bond acceptors (Lipinski definition) is 1. The highest BCUT2D eigenvalue weighted by Crippen LogP contribution is 2.35. The number of para-hydroxylation sites is 2. The number of benzene rings is 2. The summed E-state index contributed by atoms with van der Waals surface area (Å²) < 4.78 is 0. The van der Waals surface area contributed by atoms with Crippen LogP contribution in [-0.4, -0.2) is 5.11 Å². The number of nitrogens with two attached hydrogens (primary N) is 1. The van der Waals surface area contributed by atoms with E-state index in [-0.39, 0.29) is 0 Å². The molecule has 2 aromatic carbocycles. The monoisotopic (exact) mass is 254 g/mol. The van der Waals surface area contributed by atoms with E-state index in [2.05, 4.69) is 36.4 Å². The zero-order valence-corrected chi connectivity index (χ0v) is 10.8. The van der Waals surface area contributed by atoms with Crippen LogP contribution in [0.15, 0.2) is 48.5 Å². The Hall–Kier alpha value is -1.87. The molecule has 2 N–H and O–H groups in total. The Morgan fingerprint density at radius 1 is 0.889 bits per heavy atom. The molecule has 2 aromatic rings. The van der Waals surface area contributed by atoms with E-state index < -0.39 is 0 Å². The van der Waals surface area contributed by atoms with Gasteiger partial charge in [-0.2, -0.15) is 0 Å². The molecule has 1 aliphatic heterocycles. The SMILES string of the molecule is NC(=S)N1c2ccccc2CCc2ccccc21. The van der Waals surface area contributed by atoms with E-state index in [1.54, 1.807) is 0 Å². The van der Waals surface area contributed by atoms with E-state index in [9.17, 15) is 0 Å². The second-order valence-electron chi connectivity index (χ2n) is 4.43. The van der Waals surface area contributed by atoms with Gasteiger partial charge in [0.1, 0.15) is 0 Å². The van der Waals surface area contributed by atoms with Crippen LogP contribution in [0.25, 0.3) is 0 Å². The van der Waals surface area contributed by atoms with Crippen LogP contribution in [0.4, 0.5) is 11.4 Å². The number of aryl methyl sites for hydroxylation is 2. The first-order valence-corrected chi connectivity index (χ1v) is 6.43. The average Bonchev–Trinajstić information content (AvgIpc) is 2.55. The quantitative estimate of drug-likeness (QED) is 0.732. The molecule has 0 aliphatic carbocycles. The van der Waals surface area contributed by atoms with Crippen LogP contribution in [0.2, 0.25) is 0 Å². The largest absolute Gasteiger partial charge is 0.376 e. The summed E-state index contributed by atoms with van der Waals surface area (Å²) in [5.74, 6) is 0. The van der Waals surface area contributed by atoms with Crippen molar-refractivity contribution < 1.29 is 0 Å². The van der Waals surface area contributed by atoms with Gasteiger partial charge in [0.05, 0.1) is 11.4 Å². The molecule has 3 rings (SSSR count). The molecular weight excluding hydrogens is 240 g/mol. The van der Waals surface area contributed by atoms with Gasteiger partial charge in [0.15, 0.2) is 5.11 Å². The van der Waals surface area contributed by atoms with Gasteiger partial charge in [-0.05, 0) is 48.3 Å². The Kier molecular flexibility index (Phi) is 2.76. The van der Waals surface area contributed by atoms with Crippen molar-refractivity contribution in [2.75, 3.05) is 4.90 Å². The Bertz CT molecular complexity index is 559. The molecule has 1 heterocycles. The van der Waals surface area contributed by atoms with Crippen LogP contribution < -0.4 is 10.6 Å². The highest BCUT2D eigenvalue weighted by Gasteiger charge is 2.21. The van der Waals surface area contributed by atoms with Crippen LogP contribution in [0.3, 0.4) is 0 Å². The van der Waals surface area contributed by atoms with E-state index in [1.807, 2.05) is 17.0 Å². The lowest BCUT2D eigenvalue weighted by Gasteiger charge is -2.24. The molecule has 1 aliphatic rings. The molecule has 0 fully saturated rings. The third kappa shape index (κ3) is 1.77. The van der Waals surface area contributed by atoms with Crippen LogP contribution in [0, 0.1) is 0 Å². The fraction of sp³-hybridized carbons (Fsp3) is 0.133. The van der Waals surface area contributed by atoms with Gasteiger partial charge in [0.25, 0.3) is 0 Å². The lowest BCUT2D eigenvalue weighted by molar-refractivity contribution is 0.977. The van der Waals surface area contributed by atoms with Crippen molar-refractivity contribution in [1.82, 2.24) is 0 Å². The highest BCUT2D eigenvalue weighted by molar-refractivity contribution is 7.80. The van der Waals surface area contributed by atoms with Gasteiger partial charge in [-0.25, -0.2) is 0 Å². The molecule has 0 bridgehead atoms. The lowest BCUT2D eigenvalue weighted by Crippen LogP contribution is -2.31. The van der Waals surface area contributed by atoms with Gasteiger partial charge < -0.3 is 5.73 Å². The zero-order chi connectivity index (χ0) is 12.5. The number of nitrogens with zero attached hydrogens (tertiary/aromatic N) is 1. The Morgan fingerprint density at radius 2 is 1.33 bits per heavy atom. The molecule has 0 saturated heterocycles. The Labute approximate surface area is 112 Å². The van der Waals surface area contributed by atoms with Crippen molar-refractivity contribution >= 4 is 28.7 Å². The van der Waals surface area contributed by atoms with Gasteiger partial charge >= 0.3 is 0 Å². The van der Waals surface area contributed by atoms with Crippen molar-refractivity contribution in [2.24, 2.45) is 5.73 Å². The zero-order valence-electron chi connectivity index (χ0n) is 9.97. The second-order valence-corrected chi connectivity index (χ2v) is 4.85. The fourth-order valence-electron chi connectivity index (χ4n) is 2.52. The van der Waals surface area contributed by atoms with Crippen LogP contribution in [0.1, 0.15) is 11.1 Å². The van der Waals surface area contributed by atoms with Gasteiger partial charge in [0, 0.05) is 0 Å². The number of hydrogen-bond donors (Lipinski definition) is 1.